The quantitative estimate of drug-likeness (QED) is 0.637. The molecule has 0 unspecified atom stereocenters. The molecule has 0 amide bonds. The number of carbonyl (C=O) groups is 1. The Kier molecular flexibility index (Phi) is 3.60. The van der Waals surface area contributed by atoms with Crippen molar-refractivity contribution in [1.82, 2.24) is 0 Å². The van der Waals surface area contributed by atoms with Gasteiger partial charge in [-0.15, -0.1) is 0 Å². The Hall–Kier alpha value is -2.36. The van der Waals surface area contributed by atoms with Crippen LogP contribution in [-0.2, 0) is 9.53 Å². The summed E-state index contributed by atoms with van der Waals surface area (Å²) in [5.74, 6) is -0.519. The van der Waals surface area contributed by atoms with Gasteiger partial charge in [0.25, 0.3) is 0 Å². The monoisotopic (exact) mass is 285 g/mol. The molecule has 1 aliphatic rings. The molecule has 21 heavy (non-hydrogen) atoms. The van der Waals surface area contributed by atoms with Crippen LogP contribution in [0.5, 0.6) is 0 Å². The number of halogens is 1. The summed E-state index contributed by atoms with van der Waals surface area (Å²) in [6.45, 7) is 2.15. The van der Waals surface area contributed by atoms with Gasteiger partial charge in [0.05, 0.1) is 12.6 Å². The van der Waals surface area contributed by atoms with Crippen molar-refractivity contribution in [2.45, 2.75) is 19.0 Å². The molecule has 2 aromatic carbocycles. The van der Waals surface area contributed by atoms with E-state index in [1.807, 2.05) is 35.2 Å². The minimum atomic E-state index is -0.335. The van der Waals surface area contributed by atoms with Gasteiger partial charge in [0, 0.05) is 5.69 Å². The number of hydrogen-bond donors (Lipinski definition) is 0. The Morgan fingerprint density at radius 2 is 1.81 bits per heavy atom. The zero-order chi connectivity index (χ0) is 14.8. The lowest BCUT2D eigenvalue weighted by Gasteiger charge is -2.05. The first-order valence-electron chi connectivity index (χ1n) is 6.98. The number of esters is 1. The van der Waals surface area contributed by atoms with E-state index < -0.39 is 0 Å². The average molecular weight is 285 g/mol. The number of carbonyl (C=O) groups excluding carboxylic acids is 1. The fourth-order valence-electron chi connectivity index (χ4n) is 2.63. The molecule has 1 saturated heterocycles. The molecule has 2 aromatic rings. The normalized spacial score (nSPS) is 20.2. The number of benzene rings is 2. The van der Waals surface area contributed by atoms with Crippen LogP contribution in [0.15, 0.2) is 54.6 Å². The average Bonchev–Trinajstić information content (AvgIpc) is 3.25. The first kappa shape index (κ1) is 13.6. The number of nitrogens with zero attached hydrogens (tertiary/aromatic N) is 1. The highest BCUT2D eigenvalue weighted by Gasteiger charge is 2.54. The predicted molar refractivity (Wildman–Crippen MR) is 78.5 cm³/mol. The molecule has 4 heteroatoms. The van der Waals surface area contributed by atoms with E-state index >= 15 is 0 Å². The molecule has 1 aliphatic heterocycles. The van der Waals surface area contributed by atoms with Crippen molar-refractivity contribution in [1.29, 1.82) is 0 Å². The summed E-state index contributed by atoms with van der Waals surface area (Å²) in [6, 6.07) is 15.5. The van der Waals surface area contributed by atoms with Crippen molar-refractivity contribution in [3.63, 3.8) is 0 Å². The molecule has 1 fully saturated rings. The molecule has 3 nitrogen and oxygen atoms in total. The molecular weight excluding hydrogens is 269 g/mol. The van der Waals surface area contributed by atoms with Crippen LogP contribution in [0.1, 0.15) is 18.5 Å². The Balaban J connectivity index is 1.89. The van der Waals surface area contributed by atoms with E-state index in [-0.39, 0.29) is 23.9 Å². The molecule has 0 aliphatic carbocycles. The van der Waals surface area contributed by atoms with Crippen molar-refractivity contribution < 1.29 is 13.9 Å². The van der Waals surface area contributed by atoms with Crippen molar-refractivity contribution in [2.75, 3.05) is 11.5 Å². The fourth-order valence-corrected chi connectivity index (χ4v) is 2.63. The maximum absolute atomic E-state index is 13.1. The van der Waals surface area contributed by atoms with Crippen LogP contribution in [0.2, 0.25) is 0 Å². The van der Waals surface area contributed by atoms with Crippen LogP contribution in [-0.4, -0.2) is 18.6 Å². The summed E-state index contributed by atoms with van der Waals surface area (Å²) >= 11 is 0. The number of ether oxygens (including phenoxy) is 1. The highest BCUT2D eigenvalue weighted by molar-refractivity contribution is 5.88. The van der Waals surface area contributed by atoms with E-state index in [1.165, 1.54) is 12.1 Å². The first-order valence-corrected chi connectivity index (χ1v) is 6.98. The third-order valence-corrected chi connectivity index (χ3v) is 3.60. The van der Waals surface area contributed by atoms with Crippen LogP contribution in [0.25, 0.3) is 0 Å². The van der Waals surface area contributed by atoms with Gasteiger partial charge in [0.2, 0.25) is 0 Å². The van der Waals surface area contributed by atoms with E-state index in [0.717, 1.165) is 11.3 Å². The molecule has 0 spiro atoms. The van der Waals surface area contributed by atoms with Gasteiger partial charge in [-0.2, -0.15) is 0 Å². The van der Waals surface area contributed by atoms with Crippen LogP contribution >= 0.6 is 0 Å². The lowest BCUT2D eigenvalue weighted by atomic mass is 10.1. The van der Waals surface area contributed by atoms with E-state index in [2.05, 4.69) is 0 Å². The van der Waals surface area contributed by atoms with Gasteiger partial charge < -0.3 is 9.64 Å². The van der Waals surface area contributed by atoms with Gasteiger partial charge in [-0.05, 0) is 36.8 Å². The van der Waals surface area contributed by atoms with Crippen LogP contribution in [0, 0.1) is 5.82 Å². The summed E-state index contributed by atoms with van der Waals surface area (Å²) in [6.07, 6.45) is 0. The van der Waals surface area contributed by atoms with Crippen molar-refractivity contribution in [2.24, 2.45) is 0 Å². The SMILES string of the molecule is CCOC(=O)[C@H]1[C@@H](c2ccc(F)cc2)N1c1ccccc1. The Bertz CT molecular complexity index is 627. The van der Waals surface area contributed by atoms with Gasteiger partial charge in [-0.25, -0.2) is 9.18 Å². The molecule has 108 valence electrons. The second-order valence-electron chi connectivity index (χ2n) is 4.94. The van der Waals surface area contributed by atoms with Gasteiger partial charge >= 0.3 is 5.97 Å². The Labute approximate surface area is 123 Å². The highest BCUT2D eigenvalue weighted by Crippen LogP contribution is 2.47. The maximum atomic E-state index is 13.1. The minimum absolute atomic E-state index is 0.0907. The second-order valence-corrected chi connectivity index (χ2v) is 4.94. The highest BCUT2D eigenvalue weighted by atomic mass is 19.1. The largest absolute Gasteiger partial charge is 0.464 e. The van der Waals surface area contributed by atoms with Crippen molar-refractivity contribution in [3.8, 4) is 0 Å². The zero-order valence-electron chi connectivity index (χ0n) is 11.7. The smallest absolute Gasteiger partial charge is 0.331 e. The lowest BCUT2D eigenvalue weighted by Crippen LogP contribution is -2.15. The molecule has 0 saturated carbocycles. The molecule has 2 atom stereocenters. The second kappa shape index (κ2) is 5.56. The van der Waals surface area contributed by atoms with Crippen LogP contribution in [0.4, 0.5) is 10.1 Å². The molecular formula is C17H16FNO2. The standard InChI is InChI=1S/C17H16FNO2/c1-2-21-17(20)16-15(12-8-10-13(18)11-9-12)19(16)14-6-4-3-5-7-14/h3-11,15-16H,2H2,1H3/t15-,16-,19?/m1/s1. The third-order valence-electron chi connectivity index (χ3n) is 3.60. The van der Waals surface area contributed by atoms with Gasteiger partial charge in [-0.1, -0.05) is 30.3 Å². The number of hydrogen-bond acceptors (Lipinski definition) is 3. The minimum Gasteiger partial charge on any atom is -0.464 e. The molecule has 0 N–H and O–H groups in total. The summed E-state index contributed by atoms with van der Waals surface area (Å²) in [5, 5.41) is 0. The van der Waals surface area contributed by atoms with Crippen LogP contribution < -0.4 is 4.90 Å². The number of anilines is 1. The van der Waals surface area contributed by atoms with E-state index in [1.54, 1.807) is 19.1 Å². The molecule has 3 rings (SSSR count). The van der Waals surface area contributed by atoms with E-state index in [0.29, 0.717) is 6.61 Å². The predicted octanol–water partition coefficient (Wildman–Crippen LogP) is 3.32. The Morgan fingerprint density at radius 1 is 1.14 bits per heavy atom. The van der Waals surface area contributed by atoms with Gasteiger partial charge in [-0.3, -0.25) is 0 Å². The molecule has 0 aromatic heterocycles. The van der Waals surface area contributed by atoms with Gasteiger partial charge in [0.1, 0.15) is 5.82 Å². The number of rotatable bonds is 4. The molecule has 1 heterocycles. The number of para-hydroxylation sites is 1. The fraction of sp³-hybridized carbons (Fsp3) is 0.235. The third kappa shape index (κ3) is 2.61. The summed E-state index contributed by atoms with van der Waals surface area (Å²) in [5.41, 5.74) is 1.88. The first-order chi connectivity index (χ1) is 10.2. The summed E-state index contributed by atoms with van der Waals surface area (Å²) in [7, 11) is 0. The maximum Gasteiger partial charge on any atom is 0.331 e. The summed E-state index contributed by atoms with van der Waals surface area (Å²) < 4.78 is 18.2. The van der Waals surface area contributed by atoms with Crippen molar-refractivity contribution in [3.05, 3.63) is 66.0 Å². The molecule has 0 bridgehead atoms. The lowest BCUT2D eigenvalue weighted by molar-refractivity contribution is -0.142. The molecule has 0 radical (unpaired) electrons. The summed E-state index contributed by atoms with van der Waals surface area (Å²) in [4.78, 5) is 14.1. The van der Waals surface area contributed by atoms with E-state index in [4.69, 9.17) is 4.74 Å². The van der Waals surface area contributed by atoms with E-state index in [9.17, 15) is 9.18 Å². The zero-order valence-corrected chi connectivity index (χ0v) is 11.7. The van der Waals surface area contributed by atoms with Crippen molar-refractivity contribution >= 4 is 11.7 Å². The van der Waals surface area contributed by atoms with Crippen LogP contribution in [0.3, 0.4) is 0 Å². The topological polar surface area (TPSA) is 29.3 Å². The Morgan fingerprint density at radius 3 is 2.43 bits per heavy atom. The van der Waals surface area contributed by atoms with Gasteiger partial charge in [0.15, 0.2) is 6.04 Å².